The van der Waals surface area contributed by atoms with Crippen LogP contribution in [0.4, 0.5) is 0 Å². The molecular weight excluding hydrogens is 266 g/mol. The van der Waals surface area contributed by atoms with Crippen molar-refractivity contribution in [2.75, 3.05) is 13.1 Å². The number of carbonyl (C=O) groups excluding carboxylic acids is 3. The third kappa shape index (κ3) is 5.60. The SMILES string of the molecule is CCN(CC)C(=O)CC(C(=O)C(C)(C)C)C(=O)C(C)(C)C. The first-order chi connectivity index (χ1) is 9.36. The van der Waals surface area contributed by atoms with Gasteiger partial charge < -0.3 is 4.90 Å². The van der Waals surface area contributed by atoms with E-state index < -0.39 is 16.7 Å². The summed E-state index contributed by atoms with van der Waals surface area (Å²) in [7, 11) is 0. The summed E-state index contributed by atoms with van der Waals surface area (Å²) >= 11 is 0. The van der Waals surface area contributed by atoms with Crippen molar-refractivity contribution in [2.24, 2.45) is 16.7 Å². The van der Waals surface area contributed by atoms with Gasteiger partial charge in [-0.05, 0) is 13.8 Å². The number of hydrogen-bond donors (Lipinski definition) is 0. The molecular formula is C17H31NO3. The normalized spacial score (nSPS) is 12.4. The highest BCUT2D eigenvalue weighted by atomic mass is 16.2. The fourth-order valence-electron chi connectivity index (χ4n) is 2.23. The maximum atomic E-state index is 12.6. The minimum Gasteiger partial charge on any atom is -0.343 e. The molecule has 0 saturated carbocycles. The molecule has 0 rings (SSSR count). The number of Topliss-reactive ketones (excluding diaryl/α,β-unsaturated/α-hetero) is 2. The second-order valence-corrected chi connectivity index (χ2v) is 7.55. The lowest BCUT2D eigenvalue weighted by atomic mass is 9.73. The molecule has 0 radical (unpaired) electrons. The first-order valence-corrected chi connectivity index (χ1v) is 7.72. The molecule has 21 heavy (non-hydrogen) atoms. The van der Waals surface area contributed by atoms with Gasteiger partial charge in [-0.15, -0.1) is 0 Å². The summed E-state index contributed by atoms with van der Waals surface area (Å²) in [6, 6.07) is 0. The summed E-state index contributed by atoms with van der Waals surface area (Å²) in [5.74, 6) is -1.27. The average Bonchev–Trinajstić information content (AvgIpc) is 2.33. The molecule has 0 bridgehead atoms. The molecule has 0 saturated heterocycles. The van der Waals surface area contributed by atoms with Gasteiger partial charge in [0.15, 0.2) is 0 Å². The Hall–Kier alpha value is -1.19. The lowest BCUT2D eigenvalue weighted by molar-refractivity contribution is -0.146. The number of carbonyl (C=O) groups is 3. The Morgan fingerprint density at radius 2 is 1.14 bits per heavy atom. The molecule has 1 amide bonds. The van der Waals surface area contributed by atoms with E-state index in [9.17, 15) is 14.4 Å². The van der Waals surface area contributed by atoms with E-state index in [1.165, 1.54) is 0 Å². The number of hydrogen-bond acceptors (Lipinski definition) is 3. The number of ketones is 2. The highest BCUT2D eigenvalue weighted by Gasteiger charge is 2.40. The Labute approximate surface area is 129 Å². The number of nitrogens with zero attached hydrogens (tertiary/aromatic N) is 1. The molecule has 0 aromatic carbocycles. The standard InChI is InChI=1S/C17H31NO3/c1-9-18(10-2)13(19)11-12(14(20)16(3,4)5)15(21)17(6,7)8/h12H,9-11H2,1-8H3. The van der Waals surface area contributed by atoms with E-state index in [4.69, 9.17) is 0 Å². The fraction of sp³-hybridized carbons (Fsp3) is 0.824. The van der Waals surface area contributed by atoms with Crippen LogP contribution in [0.15, 0.2) is 0 Å². The summed E-state index contributed by atoms with van der Waals surface area (Å²) in [5, 5.41) is 0. The monoisotopic (exact) mass is 297 g/mol. The summed E-state index contributed by atoms with van der Waals surface area (Å²) in [4.78, 5) is 39.2. The van der Waals surface area contributed by atoms with Crippen molar-refractivity contribution in [2.45, 2.75) is 61.8 Å². The van der Waals surface area contributed by atoms with Crippen molar-refractivity contribution in [3.8, 4) is 0 Å². The fourth-order valence-corrected chi connectivity index (χ4v) is 2.23. The van der Waals surface area contributed by atoms with Crippen molar-refractivity contribution in [3.63, 3.8) is 0 Å². The van der Waals surface area contributed by atoms with E-state index in [0.29, 0.717) is 13.1 Å². The predicted molar refractivity (Wildman–Crippen MR) is 85.0 cm³/mol. The minimum atomic E-state index is -0.849. The summed E-state index contributed by atoms with van der Waals surface area (Å²) in [5.41, 5.74) is -1.26. The van der Waals surface area contributed by atoms with Crippen LogP contribution in [-0.4, -0.2) is 35.5 Å². The third-order valence-electron chi connectivity index (χ3n) is 3.61. The van der Waals surface area contributed by atoms with E-state index in [2.05, 4.69) is 0 Å². The zero-order valence-corrected chi connectivity index (χ0v) is 14.9. The molecule has 0 aromatic rings. The van der Waals surface area contributed by atoms with Crippen LogP contribution in [-0.2, 0) is 14.4 Å². The zero-order chi connectivity index (χ0) is 17.0. The van der Waals surface area contributed by atoms with Crippen LogP contribution in [0.3, 0.4) is 0 Å². The van der Waals surface area contributed by atoms with Crippen molar-refractivity contribution >= 4 is 17.5 Å². The van der Waals surface area contributed by atoms with Gasteiger partial charge in [0.2, 0.25) is 5.91 Å². The quantitative estimate of drug-likeness (QED) is 0.708. The van der Waals surface area contributed by atoms with Crippen molar-refractivity contribution in [1.29, 1.82) is 0 Å². The second kappa shape index (κ2) is 7.19. The van der Waals surface area contributed by atoms with E-state index >= 15 is 0 Å². The van der Waals surface area contributed by atoms with Crippen LogP contribution in [0, 0.1) is 16.7 Å². The summed E-state index contributed by atoms with van der Waals surface area (Å²) < 4.78 is 0. The van der Waals surface area contributed by atoms with Crippen LogP contribution < -0.4 is 0 Å². The molecule has 0 atom stereocenters. The Bertz CT molecular complexity index is 369. The van der Waals surface area contributed by atoms with E-state index in [1.54, 1.807) is 46.4 Å². The topological polar surface area (TPSA) is 54.5 Å². The molecule has 122 valence electrons. The number of rotatable bonds is 6. The molecule has 0 aliphatic rings. The van der Waals surface area contributed by atoms with Crippen LogP contribution in [0.1, 0.15) is 61.8 Å². The highest BCUT2D eigenvalue weighted by molar-refractivity contribution is 6.08. The minimum absolute atomic E-state index is 0.0200. The summed E-state index contributed by atoms with van der Waals surface area (Å²) in [6.45, 7) is 15.7. The molecule has 0 fully saturated rings. The first kappa shape index (κ1) is 19.8. The van der Waals surface area contributed by atoms with Crippen molar-refractivity contribution < 1.29 is 14.4 Å². The molecule has 0 N–H and O–H groups in total. The third-order valence-corrected chi connectivity index (χ3v) is 3.61. The Morgan fingerprint density at radius 1 is 0.810 bits per heavy atom. The maximum absolute atomic E-state index is 12.6. The zero-order valence-electron chi connectivity index (χ0n) is 14.9. The van der Waals surface area contributed by atoms with Gasteiger partial charge in [0, 0.05) is 30.3 Å². The Kier molecular flexibility index (Phi) is 6.78. The van der Waals surface area contributed by atoms with Crippen LogP contribution in [0.25, 0.3) is 0 Å². The number of amides is 1. The van der Waals surface area contributed by atoms with Gasteiger partial charge in [-0.1, -0.05) is 41.5 Å². The predicted octanol–water partition coefficient (Wildman–Crippen LogP) is 3.09. The first-order valence-electron chi connectivity index (χ1n) is 7.72. The maximum Gasteiger partial charge on any atom is 0.223 e. The lowest BCUT2D eigenvalue weighted by Crippen LogP contribution is -2.42. The lowest BCUT2D eigenvalue weighted by Gasteiger charge is -2.30. The second-order valence-electron chi connectivity index (χ2n) is 7.55. The van der Waals surface area contributed by atoms with Gasteiger partial charge in [0.05, 0.1) is 5.92 Å². The Morgan fingerprint density at radius 3 is 1.38 bits per heavy atom. The molecule has 0 spiro atoms. The molecule has 0 aliphatic heterocycles. The molecule has 0 unspecified atom stereocenters. The van der Waals surface area contributed by atoms with E-state index in [1.807, 2.05) is 13.8 Å². The molecule has 4 nitrogen and oxygen atoms in total. The van der Waals surface area contributed by atoms with Gasteiger partial charge in [0.25, 0.3) is 0 Å². The van der Waals surface area contributed by atoms with Gasteiger partial charge in [-0.25, -0.2) is 0 Å². The van der Waals surface area contributed by atoms with Crippen molar-refractivity contribution in [1.82, 2.24) is 4.90 Å². The Balaban J connectivity index is 5.40. The highest BCUT2D eigenvalue weighted by Crippen LogP contribution is 2.29. The molecule has 4 heteroatoms. The molecule has 0 heterocycles. The van der Waals surface area contributed by atoms with Gasteiger partial charge in [-0.2, -0.15) is 0 Å². The van der Waals surface area contributed by atoms with E-state index in [-0.39, 0.29) is 23.9 Å². The van der Waals surface area contributed by atoms with Gasteiger partial charge in [-0.3, -0.25) is 14.4 Å². The van der Waals surface area contributed by atoms with E-state index in [0.717, 1.165) is 0 Å². The van der Waals surface area contributed by atoms with Gasteiger partial charge >= 0.3 is 0 Å². The molecule has 0 aromatic heterocycles. The average molecular weight is 297 g/mol. The van der Waals surface area contributed by atoms with Crippen LogP contribution in [0.5, 0.6) is 0 Å². The van der Waals surface area contributed by atoms with Gasteiger partial charge in [0.1, 0.15) is 11.6 Å². The van der Waals surface area contributed by atoms with Crippen molar-refractivity contribution in [3.05, 3.63) is 0 Å². The summed E-state index contributed by atoms with van der Waals surface area (Å²) in [6.07, 6.45) is -0.0200. The smallest absolute Gasteiger partial charge is 0.223 e. The van der Waals surface area contributed by atoms with Crippen LogP contribution in [0.2, 0.25) is 0 Å². The van der Waals surface area contributed by atoms with Crippen LogP contribution >= 0.6 is 0 Å². The largest absolute Gasteiger partial charge is 0.343 e. The molecule has 0 aliphatic carbocycles.